The van der Waals surface area contributed by atoms with Crippen LogP contribution in [0.1, 0.15) is 53.4 Å². The highest BCUT2D eigenvalue weighted by Crippen LogP contribution is 2.25. The minimum absolute atomic E-state index is 0.0483. The molecule has 0 aromatic heterocycles. The molecule has 102 valence electrons. The summed E-state index contributed by atoms with van der Waals surface area (Å²) in [5, 5.41) is 2.71. The fourth-order valence-corrected chi connectivity index (χ4v) is 2.02. The predicted molar refractivity (Wildman–Crippen MR) is 69.0 cm³/mol. The summed E-state index contributed by atoms with van der Waals surface area (Å²) in [6, 6.07) is -0.509. The van der Waals surface area contributed by atoms with Crippen molar-refractivity contribution >= 4 is 17.5 Å². The van der Waals surface area contributed by atoms with Crippen LogP contribution in [0.2, 0.25) is 0 Å². The van der Waals surface area contributed by atoms with Crippen molar-refractivity contribution in [3.63, 3.8) is 0 Å². The van der Waals surface area contributed by atoms with Crippen LogP contribution in [-0.2, 0) is 14.4 Å². The largest absolute Gasteiger partial charge is 0.346 e. The maximum atomic E-state index is 11.9. The Bertz CT molecular complexity index is 355. The summed E-state index contributed by atoms with van der Waals surface area (Å²) in [6.45, 7) is 7.10. The van der Waals surface area contributed by atoms with E-state index in [0.717, 1.165) is 12.8 Å². The van der Waals surface area contributed by atoms with E-state index in [-0.39, 0.29) is 29.8 Å². The fourth-order valence-electron chi connectivity index (χ4n) is 2.02. The smallest absolute Gasteiger partial charge is 0.225 e. The number of carbonyl (C=O) groups excluding carboxylic acids is 3. The molecule has 1 amide bonds. The number of Topliss-reactive ketones (excluding diaryl/α,β-unsaturated/α-hetero) is 2. The molecular formula is C14H23NO3. The Morgan fingerprint density at radius 2 is 2.00 bits per heavy atom. The van der Waals surface area contributed by atoms with Crippen LogP contribution in [0.15, 0.2) is 0 Å². The van der Waals surface area contributed by atoms with Gasteiger partial charge in [-0.15, -0.1) is 0 Å². The van der Waals surface area contributed by atoms with Gasteiger partial charge in [0.05, 0.1) is 6.04 Å². The van der Waals surface area contributed by atoms with Crippen LogP contribution < -0.4 is 5.32 Å². The van der Waals surface area contributed by atoms with Crippen molar-refractivity contribution in [2.75, 3.05) is 0 Å². The van der Waals surface area contributed by atoms with Crippen LogP contribution in [0, 0.1) is 11.3 Å². The molecular weight excluding hydrogens is 230 g/mol. The molecule has 1 aliphatic carbocycles. The van der Waals surface area contributed by atoms with Crippen LogP contribution in [0.25, 0.3) is 0 Å². The second kappa shape index (κ2) is 5.63. The Morgan fingerprint density at radius 1 is 1.39 bits per heavy atom. The Labute approximate surface area is 109 Å². The van der Waals surface area contributed by atoms with Gasteiger partial charge in [0.15, 0.2) is 5.78 Å². The number of hydrogen-bond donors (Lipinski definition) is 1. The molecule has 4 nitrogen and oxygen atoms in total. The van der Waals surface area contributed by atoms with Crippen LogP contribution >= 0.6 is 0 Å². The van der Waals surface area contributed by atoms with Crippen molar-refractivity contribution < 1.29 is 14.4 Å². The van der Waals surface area contributed by atoms with Crippen molar-refractivity contribution in [1.82, 2.24) is 5.32 Å². The highest BCUT2D eigenvalue weighted by Gasteiger charge is 2.30. The maximum absolute atomic E-state index is 11.9. The van der Waals surface area contributed by atoms with Crippen molar-refractivity contribution in [1.29, 1.82) is 0 Å². The second-order valence-electron chi connectivity index (χ2n) is 6.17. The third-order valence-corrected chi connectivity index (χ3v) is 3.39. The van der Waals surface area contributed by atoms with Gasteiger partial charge in [0.1, 0.15) is 5.78 Å². The van der Waals surface area contributed by atoms with Gasteiger partial charge in [0.2, 0.25) is 5.91 Å². The summed E-state index contributed by atoms with van der Waals surface area (Å²) in [4.78, 5) is 35.2. The molecule has 0 heterocycles. The highest BCUT2D eigenvalue weighted by molar-refractivity contribution is 5.94. The first-order valence-corrected chi connectivity index (χ1v) is 6.58. The zero-order chi connectivity index (χ0) is 13.9. The van der Waals surface area contributed by atoms with E-state index in [4.69, 9.17) is 0 Å². The molecule has 1 aliphatic rings. The Morgan fingerprint density at radius 3 is 2.44 bits per heavy atom. The van der Waals surface area contributed by atoms with E-state index in [1.54, 1.807) is 27.7 Å². The molecule has 1 rings (SSSR count). The van der Waals surface area contributed by atoms with Gasteiger partial charge in [-0.3, -0.25) is 14.4 Å². The average Bonchev–Trinajstić information content (AvgIpc) is 2.62. The SMILES string of the molecule is C[C@H](NC(=O)C(C)(C)C)C(=O)C[C@@H]1CCCC1=O. The average molecular weight is 253 g/mol. The van der Waals surface area contributed by atoms with E-state index in [1.807, 2.05) is 0 Å². The molecule has 1 N–H and O–H groups in total. The molecule has 0 aliphatic heterocycles. The highest BCUT2D eigenvalue weighted by atomic mass is 16.2. The zero-order valence-electron chi connectivity index (χ0n) is 11.7. The third kappa shape index (κ3) is 3.93. The van der Waals surface area contributed by atoms with Gasteiger partial charge in [0.25, 0.3) is 0 Å². The quantitative estimate of drug-likeness (QED) is 0.832. The molecule has 0 spiro atoms. The van der Waals surface area contributed by atoms with E-state index in [9.17, 15) is 14.4 Å². The molecule has 1 fully saturated rings. The number of rotatable bonds is 4. The zero-order valence-corrected chi connectivity index (χ0v) is 11.7. The predicted octanol–water partition coefficient (Wildman–Crippen LogP) is 1.87. The lowest BCUT2D eigenvalue weighted by atomic mass is 9.93. The van der Waals surface area contributed by atoms with Crippen molar-refractivity contribution in [2.24, 2.45) is 11.3 Å². The van der Waals surface area contributed by atoms with Crippen molar-refractivity contribution in [3.05, 3.63) is 0 Å². The molecule has 2 atom stereocenters. The number of ketones is 2. The van der Waals surface area contributed by atoms with E-state index in [0.29, 0.717) is 6.42 Å². The lowest BCUT2D eigenvalue weighted by Crippen LogP contribution is -2.44. The minimum Gasteiger partial charge on any atom is -0.346 e. The third-order valence-electron chi connectivity index (χ3n) is 3.39. The number of carbonyl (C=O) groups is 3. The lowest BCUT2D eigenvalue weighted by Gasteiger charge is -2.21. The summed E-state index contributed by atoms with van der Waals surface area (Å²) < 4.78 is 0. The van der Waals surface area contributed by atoms with E-state index < -0.39 is 11.5 Å². The van der Waals surface area contributed by atoms with Crippen LogP contribution in [-0.4, -0.2) is 23.5 Å². The van der Waals surface area contributed by atoms with Gasteiger partial charge in [-0.05, 0) is 19.8 Å². The summed E-state index contributed by atoms with van der Waals surface area (Å²) in [5.41, 5.74) is -0.502. The normalized spacial score (nSPS) is 21.8. The summed E-state index contributed by atoms with van der Waals surface area (Å²) in [5.74, 6) is -0.113. The van der Waals surface area contributed by atoms with Crippen molar-refractivity contribution in [3.8, 4) is 0 Å². The molecule has 0 aromatic carbocycles. The Kier molecular flexibility index (Phi) is 4.65. The van der Waals surface area contributed by atoms with Crippen LogP contribution in [0.3, 0.4) is 0 Å². The monoisotopic (exact) mass is 253 g/mol. The maximum Gasteiger partial charge on any atom is 0.225 e. The summed E-state index contributed by atoms with van der Waals surface area (Å²) in [7, 11) is 0. The van der Waals surface area contributed by atoms with Gasteiger partial charge in [0, 0.05) is 24.2 Å². The molecule has 0 saturated heterocycles. The molecule has 18 heavy (non-hydrogen) atoms. The van der Waals surface area contributed by atoms with Gasteiger partial charge in [-0.25, -0.2) is 0 Å². The fraction of sp³-hybridized carbons (Fsp3) is 0.786. The number of nitrogens with one attached hydrogen (secondary N) is 1. The standard InChI is InChI=1S/C14H23NO3/c1-9(15-13(18)14(2,3)4)12(17)8-10-6-5-7-11(10)16/h9-10H,5-8H2,1-4H3,(H,15,18)/t9-,10-/m0/s1. The Hall–Kier alpha value is -1.19. The van der Waals surface area contributed by atoms with Crippen LogP contribution in [0.4, 0.5) is 0 Å². The Balaban J connectivity index is 2.47. The first kappa shape index (κ1) is 14.9. The number of hydrogen-bond acceptors (Lipinski definition) is 3. The van der Waals surface area contributed by atoms with Gasteiger partial charge in [-0.2, -0.15) is 0 Å². The van der Waals surface area contributed by atoms with Crippen molar-refractivity contribution in [2.45, 2.75) is 59.4 Å². The first-order chi connectivity index (χ1) is 8.21. The molecule has 0 radical (unpaired) electrons. The van der Waals surface area contributed by atoms with E-state index in [2.05, 4.69) is 5.32 Å². The second-order valence-corrected chi connectivity index (χ2v) is 6.17. The molecule has 0 unspecified atom stereocenters. The summed E-state index contributed by atoms with van der Waals surface area (Å²) in [6.07, 6.45) is 2.56. The summed E-state index contributed by atoms with van der Waals surface area (Å²) >= 11 is 0. The molecule has 4 heteroatoms. The first-order valence-electron chi connectivity index (χ1n) is 6.58. The minimum atomic E-state index is -0.509. The topological polar surface area (TPSA) is 63.2 Å². The van der Waals surface area contributed by atoms with Gasteiger partial charge >= 0.3 is 0 Å². The van der Waals surface area contributed by atoms with Crippen LogP contribution in [0.5, 0.6) is 0 Å². The molecule has 0 aromatic rings. The van der Waals surface area contributed by atoms with E-state index in [1.165, 1.54) is 0 Å². The van der Waals surface area contributed by atoms with Gasteiger partial charge < -0.3 is 5.32 Å². The lowest BCUT2D eigenvalue weighted by molar-refractivity contribution is -0.133. The van der Waals surface area contributed by atoms with E-state index >= 15 is 0 Å². The molecule has 0 bridgehead atoms. The van der Waals surface area contributed by atoms with Gasteiger partial charge in [-0.1, -0.05) is 20.8 Å². The number of amides is 1. The molecule has 1 saturated carbocycles.